The summed E-state index contributed by atoms with van der Waals surface area (Å²) in [6.07, 6.45) is 6.84. The normalized spacial score (nSPS) is 17.8. The van der Waals surface area contributed by atoms with Crippen LogP contribution >= 0.6 is 0 Å². The molecule has 0 spiro atoms. The van der Waals surface area contributed by atoms with E-state index < -0.39 is 0 Å². The molecule has 108 valence electrons. The van der Waals surface area contributed by atoms with E-state index in [1.807, 2.05) is 12.1 Å². The maximum absolute atomic E-state index is 5.91. The van der Waals surface area contributed by atoms with Crippen LogP contribution in [0, 0.1) is 0 Å². The Kier molecular flexibility index (Phi) is 5.06. The van der Waals surface area contributed by atoms with Crippen molar-refractivity contribution in [3.8, 4) is 0 Å². The van der Waals surface area contributed by atoms with Gasteiger partial charge in [0, 0.05) is 5.54 Å². The van der Waals surface area contributed by atoms with Crippen LogP contribution < -0.4 is 5.32 Å². The van der Waals surface area contributed by atoms with Crippen LogP contribution in [-0.4, -0.2) is 11.6 Å². The van der Waals surface area contributed by atoms with Crippen molar-refractivity contribution in [1.82, 2.24) is 5.32 Å². The third kappa shape index (κ3) is 5.37. The highest BCUT2D eigenvalue weighted by molar-refractivity contribution is 5.06. The Labute approximate surface area is 116 Å². The van der Waals surface area contributed by atoms with Crippen molar-refractivity contribution in [2.24, 2.45) is 0 Å². The van der Waals surface area contributed by atoms with Gasteiger partial charge < -0.3 is 14.5 Å². The first-order valence-electron chi connectivity index (χ1n) is 7.47. The molecule has 1 saturated carbocycles. The summed E-state index contributed by atoms with van der Waals surface area (Å²) in [5.41, 5.74) is 0.117. The zero-order chi connectivity index (χ0) is 13.7. The summed E-state index contributed by atoms with van der Waals surface area (Å²) < 4.78 is 11.7. The van der Waals surface area contributed by atoms with Gasteiger partial charge in [0.2, 0.25) is 0 Å². The smallest absolute Gasteiger partial charge is 0.129 e. The monoisotopic (exact) mass is 265 g/mol. The highest BCUT2D eigenvalue weighted by Gasteiger charge is 2.15. The highest BCUT2D eigenvalue weighted by Crippen LogP contribution is 2.21. The van der Waals surface area contributed by atoms with Crippen LogP contribution in [0.15, 0.2) is 16.5 Å². The molecule has 1 aliphatic rings. The Morgan fingerprint density at radius 1 is 1.16 bits per heavy atom. The molecule has 0 radical (unpaired) electrons. The lowest BCUT2D eigenvalue weighted by atomic mass is 9.98. The van der Waals surface area contributed by atoms with Crippen molar-refractivity contribution in [2.75, 3.05) is 0 Å². The fraction of sp³-hybridized carbons (Fsp3) is 0.750. The average Bonchev–Trinajstić information content (AvgIpc) is 2.82. The molecule has 1 N–H and O–H groups in total. The zero-order valence-corrected chi connectivity index (χ0v) is 12.5. The molecule has 0 aromatic carbocycles. The lowest BCUT2D eigenvalue weighted by Gasteiger charge is -2.21. The largest absolute Gasteiger partial charge is 0.462 e. The number of nitrogens with one attached hydrogen (secondary N) is 1. The molecule has 0 amide bonds. The Morgan fingerprint density at radius 2 is 1.84 bits per heavy atom. The first kappa shape index (κ1) is 14.6. The molecule has 0 unspecified atom stereocenters. The van der Waals surface area contributed by atoms with Crippen molar-refractivity contribution in [1.29, 1.82) is 0 Å². The van der Waals surface area contributed by atoms with Gasteiger partial charge in [0.15, 0.2) is 0 Å². The summed E-state index contributed by atoms with van der Waals surface area (Å²) in [4.78, 5) is 0. The van der Waals surface area contributed by atoms with Gasteiger partial charge in [0.25, 0.3) is 0 Å². The van der Waals surface area contributed by atoms with Crippen LogP contribution in [0.1, 0.15) is 64.4 Å². The van der Waals surface area contributed by atoms with Crippen LogP contribution in [0.5, 0.6) is 0 Å². The molecular formula is C16H27NO2. The summed E-state index contributed by atoms with van der Waals surface area (Å²) in [6.45, 7) is 7.85. The van der Waals surface area contributed by atoms with E-state index in [0.29, 0.717) is 12.7 Å². The summed E-state index contributed by atoms with van der Waals surface area (Å²) in [6, 6.07) is 4.07. The topological polar surface area (TPSA) is 34.4 Å². The van der Waals surface area contributed by atoms with E-state index in [-0.39, 0.29) is 5.54 Å². The van der Waals surface area contributed by atoms with Crippen LogP contribution in [0.25, 0.3) is 0 Å². The molecule has 19 heavy (non-hydrogen) atoms. The van der Waals surface area contributed by atoms with E-state index >= 15 is 0 Å². The molecule has 0 bridgehead atoms. The van der Waals surface area contributed by atoms with Gasteiger partial charge in [-0.05, 0) is 45.7 Å². The molecule has 1 aromatic rings. The van der Waals surface area contributed by atoms with Crippen molar-refractivity contribution < 1.29 is 9.15 Å². The first-order chi connectivity index (χ1) is 9.03. The number of hydrogen-bond donors (Lipinski definition) is 1. The first-order valence-corrected chi connectivity index (χ1v) is 7.47. The SMILES string of the molecule is CC(C)(C)NCc1ccc(COC2CCCCC2)o1. The second-order valence-electron chi connectivity index (χ2n) is 6.54. The fourth-order valence-electron chi connectivity index (χ4n) is 2.38. The molecular weight excluding hydrogens is 238 g/mol. The summed E-state index contributed by atoms with van der Waals surface area (Å²) in [7, 11) is 0. The van der Waals surface area contributed by atoms with Gasteiger partial charge in [0.05, 0.1) is 12.6 Å². The van der Waals surface area contributed by atoms with Crippen LogP contribution in [0.4, 0.5) is 0 Å². The zero-order valence-electron chi connectivity index (χ0n) is 12.5. The molecule has 0 saturated heterocycles. The maximum Gasteiger partial charge on any atom is 0.129 e. The van der Waals surface area contributed by atoms with Crippen molar-refractivity contribution in [3.05, 3.63) is 23.7 Å². The van der Waals surface area contributed by atoms with E-state index in [2.05, 4.69) is 26.1 Å². The number of rotatable bonds is 5. The molecule has 0 aliphatic heterocycles. The molecule has 3 heteroatoms. The Hall–Kier alpha value is -0.800. The second kappa shape index (κ2) is 6.58. The summed E-state index contributed by atoms with van der Waals surface area (Å²) >= 11 is 0. The molecule has 1 aliphatic carbocycles. The van der Waals surface area contributed by atoms with Crippen molar-refractivity contribution >= 4 is 0 Å². The van der Waals surface area contributed by atoms with E-state index in [4.69, 9.17) is 9.15 Å². The van der Waals surface area contributed by atoms with E-state index in [0.717, 1.165) is 18.1 Å². The fourth-order valence-corrected chi connectivity index (χ4v) is 2.38. The molecule has 1 aromatic heterocycles. The minimum atomic E-state index is 0.117. The van der Waals surface area contributed by atoms with Gasteiger partial charge in [-0.1, -0.05) is 19.3 Å². The van der Waals surface area contributed by atoms with Crippen molar-refractivity contribution in [3.63, 3.8) is 0 Å². The Morgan fingerprint density at radius 3 is 2.53 bits per heavy atom. The molecule has 0 atom stereocenters. The number of ether oxygens (including phenoxy) is 1. The van der Waals surface area contributed by atoms with Gasteiger partial charge in [-0.15, -0.1) is 0 Å². The van der Waals surface area contributed by atoms with Crippen LogP contribution in [0.3, 0.4) is 0 Å². The van der Waals surface area contributed by atoms with Crippen LogP contribution in [-0.2, 0) is 17.9 Å². The minimum Gasteiger partial charge on any atom is -0.462 e. The Balaban J connectivity index is 1.74. The lowest BCUT2D eigenvalue weighted by Crippen LogP contribution is -2.34. The van der Waals surface area contributed by atoms with Gasteiger partial charge in [-0.2, -0.15) is 0 Å². The van der Waals surface area contributed by atoms with Crippen molar-refractivity contribution in [2.45, 2.75) is 77.7 Å². The third-order valence-electron chi connectivity index (χ3n) is 3.52. The van der Waals surface area contributed by atoms with Gasteiger partial charge in [-0.3, -0.25) is 0 Å². The summed E-state index contributed by atoms with van der Waals surface area (Å²) in [5, 5.41) is 3.42. The average molecular weight is 265 g/mol. The Bertz CT molecular complexity index is 372. The lowest BCUT2D eigenvalue weighted by molar-refractivity contribution is 0.00833. The third-order valence-corrected chi connectivity index (χ3v) is 3.52. The molecule has 3 nitrogen and oxygen atoms in total. The predicted molar refractivity (Wildman–Crippen MR) is 77.0 cm³/mol. The van der Waals surface area contributed by atoms with Gasteiger partial charge in [0.1, 0.15) is 18.1 Å². The summed E-state index contributed by atoms with van der Waals surface area (Å²) in [5.74, 6) is 1.92. The molecule has 1 heterocycles. The standard InChI is InChI=1S/C16H27NO2/c1-16(2,3)17-11-14-9-10-15(19-14)12-18-13-7-5-4-6-8-13/h9-10,13,17H,4-8,11-12H2,1-3H3. The van der Waals surface area contributed by atoms with E-state index in [9.17, 15) is 0 Å². The second-order valence-corrected chi connectivity index (χ2v) is 6.54. The number of furan rings is 1. The maximum atomic E-state index is 5.91. The number of hydrogen-bond acceptors (Lipinski definition) is 3. The van der Waals surface area contributed by atoms with E-state index in [1.54, 1.807) is 0 Å². The minimum absolute atomic E-state index is 0.117. The van der Waals surface area contributed by atoms with Gasteiger partial charge in [-0.25, -0.2) is 0 Å². The quantitative estimate of drug-likeness (QED) is 0.873. The van der Waals surface area contributed by atoms with Crippen LogP contribution in [0.2, 0.25) is 0 Å². The predicted octanol–water partition coefficient (Wildman–Crippen LogP) is 4.02. The molecule has 2 rings (SSSR count). The van der Waals surface area contributed by atoms with Gasteiger partial charge >= 0.3 is 0 Å². The highest BCUT2D eigenvalue weighted by atomic mass is 16.5. The molecule has 1 fully saturated rings. The van der Waals surface area contributed by atoms with E-state index in [1.165, 1.54) is 32.1 Å².